The number of amides is 1. The maximum Gasteiger partial charge on any atom is 0.308 e. The molecular weight excluding hydrogens is 298 g/mol. The summed E-state index contributed by atoms with van der Waals surface area (Å²) in [6.07, 6.45) is 3.74. The Kier molecular flexibility index (Phi) is 4.66. The van der Waals surface area contributed by atoms with E-state index < -0.39 is 11.9 Å². The van der Waals surface area contributed by atoms with Gasteiger partial charge in [0, 0.05) is 38.4 Å². The number of aromatic nitrogens is 2. The zero-order chi connectivity index (χ0) is 16.4. The van der Waals surface area contributed by atoms with Crippen molar-refractivity contribution >= 4 is 11.9 Å². The van der Waals surface area contributed by atoms with Crippen LogP contribution in [0.5, 0.6) is 0 Å². The van der Waals surface area contributed by atoms with Crippen LogP contribution in [0.3, 0.4) is 0 Å². The van der Waals surface area contributed by atoms with Gasteiger partial charge in [-0.25, -0.2) is 0 Å². The zero-order valence-electron chi connectivity index (χ0n) is 13.3. The summed E-state index contributed by atoms with van der Waals surface area (Å²) in [5, 5.41) is 16.4. The molecular formula is C16H23N3O4. The van der Waals surface area contributed by atoms with Crippen molar-refractivity contribution in [2.75, 3.05) is 19.8 Å². The van der Waals surface area contributed by atoms with Crippen LogP contribution in [0.4, 0.5) is 0 Å². The Morgan fingerprint density at radius 3 is 2.70 bits per heavy atom. The molecule has 0 spiro atoms. The van der Waals surface area contributed by atoms with Crippen LogP contribution in [-0.4, -0.2) is 46.5 Å². The lowest BCUT2D eigenvalue weighted by atomic mass is 9.86. The summed E-state index contributed by atoms with van der Waals surface area (Å²) in [5.74, 6) is -1.17. The van der Waals surface area contributed by atoms with Crippen molar-refractivity contribution in [2.45, 2.75) is 31.6 Å². The molecule has 2 N–H and O–H groups in total. The second-order valence-electron chi connectivity index (χ2n) is 6.46. The molecule has 1 amide bonds. The highest BCUT2D eigenvalue weighted by Crippen LogP contribution is 2.39. The zero-order valence-corrected chi connectivity index (χ0v) is 13.3. The number of rotatable bonds is 6. The van der Waals surface area contributed by atoms with Crippen LogP contribution in [0, 0.1) is 11.8 Å². The third kappa shape index (κ3) is 3.72. The second-order valence-corrected chi connectivity index (χ2v) is 6.46. The molecule has 1 aromatic rings. The number of nitrogens with zero attached hydrogens (tertiary/aromatic N) is 2. The van der Waals surface area contributed by atoms with E-state index in [1.165, 1.54) is 0 Å². The number of ether oxygens (including phenoxy) is 1. The highest BCUT2D eigenvalue weighted by atomic mass is 16.5. The molecule has 2 fully saturated rings. The fourth-order valence-electron chi connectivity index (χ4n) is 3.22. The van der Waals surface area contributed by atoms with E-state index in [2.05, 4.69) is 10.4 Å². The first-order valence-corrected chi connectivity index (χ1v) is 8.19. The third-order valence-corrected chi connectivity index (χ3v) is 4.78. The molecule has 7 heteroatoms. The average molecular weight is 321 g/mol. The van der Waals surface area contributed by atoms with Crippen LogP contribution in [0.2, 0.25) is 0 Å². The number of aliphatic carboxylic acids is 1. The van der Waals surface area contributed by atoms with Crippen molar-refractivity contribution in [3.05, 3.63) is 17.5 Å². The normalized spacial score (nSPS) is 20.2. The number of hydrogen-bond donors (Lipinski definition) is 2. The number of carbonyl (C=O) groups excluding carboxylic acids is 1. The van der Waals surface area contributed by atoms with Crippen LogP contribution in [0.1, 0.15) is 47.8 Å². The molecule has 1 saturated carbocycles. The summed E-state index contributed by atoms with van der Waals surface area (Å²) in [5.41, 5.74) is 1.44. The van der Waals surface area contributed by atoms with Gasteiger partial charge in [-0.05, 0) is 37.7 Å². The fourth-order valence-corrected chi connectivity index (χ4v) is 3.22. The number of carbonyl (C=O) groups is 2. The Morgan fingerprint density at radius 2 is 2.09 bits per heavy atom. The molecule has 126 valence electrons. The van der Waals surface area contributed by atoms with Gasteiger partial charge in [0.25, 0.3) is 5.91 Å². The summed E-state index contributed by atoms with van der Waals surface area (Å²) in [6.45, 7) is 1.31. The average Bonchev–Trinajstić information content (AvgIpc) is 3.30. The van der Waals surface area contributed by atoms with Gasteiger partial charge in [0.2, 0.25) is 0 Å². The molecule has 2 aliphatic rings. The first kappa shape index (κ1) is 16.0. The van der Waals surface area contributed by atoms with Gasteiger partial charge in [-0.2, -0.15) is 5.10 Å². The van der Waals surface area contributed by atoms with E-state index in [4.69, 9.17) is 4.74 Å². The van der Waals surface area contributed by atoms with Gasteiger partial charge in [-0.1, -0.05) is 0 Å². The van der Waals surface area contributed by atoms with Crippen LogP contribution in [-0.2, 0) is 16.6 Å². The molecule has 1 atom stereocenters. The topological polar surface area (TPSA) is 93.5 Å². The minimum Gasteiger partial charge on any atom is -0.481 e. The van der Waals surface area contributed by atoms with Gasteiger partial charge >= 0.3 is 5.97 Å². The van der Waals surface area contributed by atoms with Gasteiger partial charge < -0.3 is 15.2 Å². The SMILES string of the molecule is Cn1nc(C(=O)NCC(C(=O)O)C2CCOCC2)cc1C1CC1. The van der Waals surface area contributed by atoms with Gasteiger partial charge in [-0.15, -0.1) is 0 Å². The Balaban J connectivity index is 1.59. The lowest BCUT2D eigenvalue weighted by Crippen LogP contribution is -2.39. The molecule has 1 aromatic heterocycles. The number of aryl methyl sites for hydroxylation is 1. The summed E-state index contributed by atoms with van der Waals surface area (Å²) >= 11 is 0. The predicted octanol–water partition coefficient (Wildman–Crippen LogP) is 1.15. The molecule has 1 unspecified atom stereocenters. The van der Waals surface area contributed by atoms with E-state index in [0.29, 0.717) is 24.8 Å². The molecule has 7 nitrogen and oxygen atoms in total. The van der Waals surface area contributed by atoms with Crippen LogP contribution >= 0.6 is 0 Å². The van der Waals surface area contributed by atoms with Gasteiger partial charge in [0.15, 0.2) is 0 Å². The largest absolute Gasteiger partial charge is 0.481 e. The van der Waals surface area contributed by atoms with Gasteiger partial charge in [-0.3, -0.25) is 14.3 Å². The third-order valence-electron chi connectivity index (χ3n) is 4.78. The summed E-state index contributed by atoms with van der Waals surface area (Å²) in [4.78, 5) is 23.8. The maximum atomic E-state index is 12.3. The highest BCUT2D eigenvalue weighted by molar-refractivity contribution is 5.92. The van der Waals surface area contributed by atoms with Crippen molar-refractivity contribution in [3.63, 3.8) is 0 Å². The number of carboxylic acid groups (broad SMARTS) is 1. The Bertz CT molecular complexity index is 588. The smallest absolute Gasteiger partial charge is 0.308 e. The lowest BCUT2D eigenvalue weighted by molar-refractivity contribution is -0.144. The molecule has 0 radical (unpaired) electrons. The fraction of sp³-hybridized carbons (Fsp3) is 0.688. The quantitative estimate of drug-likeness (QED) is 0.820. The van der Waals surface area contributed by atoms with Crippen molar-refractivity contribution in [3.8, 4) is 0 Å². The standard InChI is InChI=1S/C16H23N3O4/c1-19-14(11-2-3-11)8-13(18-19)15(20)17-9-12(16(21)22)10-4-6-23-7-5-10/h8,10-12H,2-7,9H2,1H3,(H,17,20)(H,21,22). The molecule has 1 saturated heterocycles. The molecule has 1 aliphatic heterocycles. The van der Waals surface area contributed by atoms with E-state index in [0.717, 1.165) is 31.4 Å². The Hall–Kier alpha value is -1.89. The van der Waals surface area contributed by atoms with Crippen molar-refractivity contribution in [1.82, 2.24) is 15.1 Å². The van der Waals surface area contributed by atoms with E-state index in [1.54, 1.807) is 4.68 Å². The number of carboxylic acids is 1. The highest BCUT2D eigenvalue weighted by Gasteiger charge is 2.31. The van der Waals surface area contributed by atoms with Crippen molar-refractivity contribution in [1.29, 1.82) is 0 Å². The summed E-state index contributed by atoms with van der Waals surface area (Å²) in [6, 6.07) is 1.82. The van der Waals surface area contributed by atoms with Crippen molar-refractivity contribution < 1.29 is 19.4 Å². The maximum absolute atomic E-state index is 12.3. The number of nitrogens with one attached hydrogen (secondary N) is 1. The second kappa shape index (κ2) is 6.70. The lowest BCUT2D eigenvalue weighted by Gasteiger charge is -2.27. The molecule has 23 heavy (non-hydrogen) atoms. The summed E-state index contributed by atoms with van der Waals surface area (Å²) in [7, 11) is 1.84. The first-order chi connectivity index (χ1) is 11.1. The Morgan fingerprint density at radius 1 is 1.39 bits per heavy atom. The monoisotopic (exact) mass is 321 g/mol. The van der Waals surface area contributed by atoms with E-state index >= 15 is 0 Å². The molecule has 0 aromatic carbocycles. The predicted molar refractivity (Wildman–Crippen MR) is 82.2 cm³/mol. The van der Waals surface area contributed by atoms with Gasteiger partial charge in [0.1, 0.15) is 5.69 Å². The molecule has 1 aliphatic carbocycles. The minimum atomic E-state index is -0.864. The summed E-state index contributed by atoms with van der Waals surface area (Å²) < 4.78 is 7.03. The molecule has 2 heterocycles. The molecule has 0 bridgehead atoms. The first-order valence-electron chi connectivity index (χ1n) is 8.19. The van der Waals surface area contributed by atoms with Crippen LogP contribution in [0.25, 0.3) is 0 Å². The van der Waals surface area contributed by atoms with Crippen LogP contribution in [0.15, 0.2) is 6.07 Å². The van der Waals surface area contributed by atoms with Crippen molar-refractivity contribution in [2.24, 2.45) is 18.9 Å². The Labute approximate surface area is 135 Å². The van der Waals surface area contributed by atoms with E-state index in [1.807, 2.05) is 13.1 Å². The number of hydrogen-bond acceptors (Lipinski definition) is 4. The molecule has 3 rings (SSSR count). The van der Waals surface area contributed by atoms with E-state index in [9.17, 15) is 14.7 Å². The minimum absolute atomic E-state index is 0.0484. The van der Waals surface area contributed by atoms with Gasteiger partial charge in [0.05, 0.1) is 5.92 Å². The van der Waals surface area contributed by atoms with E-state index in [-0.39, 0.29) is 18.4 Å². The van der Waals surface area contributed by atoms with Crippen LogP contribution < -0.4 is 5.32 Å².